The van der Waals surface area contributed by atoms with Crippen LogP contribution in [0.5, 0.6) is 0 Å². The molecule has 4 fully saturated rings. The first kappa shape index (κ1) is 13.7. The van der Waals surface area contributed by atoms with Gasteiger partial charge >= 0.3 is 5.97 Å². The fourth-order valence-corrected chi connectivity index (χ4v) is 5.74. The molecule has 0 aromatic heterocycles. The van der Waals surface area contributed by atoms with E-state index in [9.17, 15) is 20.0 Å². The molecule has 1 N–H and O–H groups in total. The highest BCUT2D eigenvalue weighted by Crippen LogP contribution is 2.66. The number of carboxylic acid groups (broad SMARTS) is 1. The minimum absolute atomic E-state index is 0.0126. The van der Waals surface area contributed by atoms with E-state index < -0.39 is 16.3 Å². The minimum Gasteiger partial charge on any atom is -0.481 e. The molecule has 3 atom stereocenters. The third kappa shape index (κ3) is 1.81. The van der Waals surface area contributed by atoms with E-state index in [-0.39, 0.29) is 11.6 Å². The quantitative estimate of drug-likeness (QED) is 0.683. The van der Waals surface area contributed by atoms with Crippen molar-refractivity contribution >= 4 is 11.7 Å². The SMILES string of the molecule is O=C(O)C12CC3CC(CC(C3)C1c1ccc([N+](=O)[O-])cc1)C2. The summed E-state index contributed by atoms with van der Waals surface area (Å²) in [6, 6.07) is 6.57. The van der Waals surface area contributed by atoms with Crippen LogP contribution in [0.15, 0.2) is 24.3 Å². The summed E-state index contributed by atoms with van der Waals surface area (Å²) in [6.07, 6.45) is 4.98. The van der Waals surface area contributed by atoms with Crippen LogP contribution in [0.25, 0.3) is 0 Å². The fourth-order valence-electron chi connectivity index (χ4n) is 5.74. The molecule has 3 unspecified atom stereocenters. The van der Waals surface area contributed by atoms with Gasteiger partial charge in [0.2, 0.25) is 0 Å². The van der Waals surface area contributed by atoms with Crippen molar-refractivity contribution in [3.8, 4) is 0 Å². The molecule has 0 saturated heterocycles. The predicted molar refractivity (Wildman–Crippen MR) is 79.5 cm³/mol. The molecular weight excluding hydrogens is 282 g/mol. The molecule has 4 aliphatic rings. The highest BCUT2D eigenvalue weighted by Gasteiger charge is 2.61. The number of nitro groups is 1. The van der Waals surface area contributed by atoms with E-state index in [1.165, 1.54) is 18.6 Å². The molecule has 0 spiro atoms. The van der Waals surface area contributed by atoms with Crippen LogP contribution in [0.2, 0.25) is 0 Å². The van der Waals surface area contributed by atoms with E-state index in [0.29, 0.717) is 17.8 Å². The molecule has 116 valence electrons. The van der Waals surface area contributed by atoms with Crippen LogP contribution in [0, 0.1) is 33.3 Å². The van der Waals surface area contributed by atoms with Crippen molar-refractivity contribution in [2.75, 3.05) is 0 Å². The zero-order chi connectivity index (χ0) is 15.5. The van der Waals surface area contributed by atoms with Gasteiger partial charge in [-0.25, -0.2) is 0 Å². The van der Waals surface area contributed by atoms with E-state index in [1.54, 1.807) is 12.1 Å². The summed E-state index contributed by atoms with van der Waals surface area (Å²) in [5.41, 5.74) is 0.388. The second-order valence-electron chi connectivity index (χ2n) is 7.40. The zero-order valence-corrected chi connectivity index (χ0v) is 12.3. The molecule has 4 bridgehead atoms. The van der Waals surface area contributed by atoms with Crippen molar-refractivity contribution in [3.05, 3.63) is 39.9 Å². The highest BCUT2D eigenvalue weighted by molar-refractivity contribution is 5.77. The number of benzene rings is 1. The third-order valence-corrected chi connectivity index (χ3v) is 6.20. The summed E-state index contributed by atoms with van der Waals surface area (Å²) in [4.78, 5) is 22.5. The van der Waals surface area contributed by atoms with Crippen LogP contribution >= 0.6 is 0 Å². The number of hydrogen-bond acceptors (Lipinski definition) is 3. The molecule has 1 aromatic rings. The number of rotatable bonds is 3. The van der Waals surface area contributed by atoms with Gasteiger partial charge in [0.1, 0.15) is 0 Å². The van der Waals surface area contributed by atoms with E-state index in [2.05, 4.69) is 0 Å². The van der Waals surface area contributed by atoms with Crippen molar-refractivity contribution in [2.24, 2.45) is 23.2 Å². The number of non-ortho nitro benzene ring substituents is 1. The first-order valence-corrected chi connectivity index (χ1v) is 7.97. The minimum atomic E-state index is -0.671. The summed E-state index contributed by atoms with van der Waals surface area (Å²) in [6.45, 7) is 0. The molecule has 5 rings (SSSR count). The lowest BCUT2D eigenvalue weighted by Crippen LogP contribution is -2.55. The molecule has 22 heavy (non-hydrogen) atoms. The van der Waals surface area contributed by atoms with Gasteiger partial charge in [-0.1, -0.05) is 12.1 Å². The van der Waals surface area contributed by atoms with Gasteiger partial charge in [-0.15, -0.1) is 0 Å². The Kier molecular flexibility index (Phi) is 2.83. The predicted octanol–water partition coefficient (Wildman–Crippen LogP) is 3.59. The molecular formula is C17H19NO4. The monoisotopic (exact) mass is 301 g/mol. The Morgan fingerprint density at radius 3 is 2.23 bits per heavy atom. The Balaban J connectivity index is 1.75. The normalized spacial score (nSPS) is 38.9. The van der Waals surface area contributed by atoms with Gasteiger partial charge in [-0.3, -0.25) is 14.9 Å². The van der Waals surface area contributed by atoms with Crippen LogP contribution in [0.4, 0.5) is 5.69 Å². The van der Waals surface area contributed by atoms with Crippen molar-refractivity contribution in [2.45, 2.75) is 38.0 Å². The maximum atomic E-state index is 12.1. The molecule has 5 nitrogen and oxygen atoms in total. The number of nitrogens with zero attached hydrogens (tertiary/aromatic N) is 1. The number of nitro benzene ring substituents is 1. The Morgan fingerprint density at radius 1 is 1.14 bits per heavy atom. The van der Waals surface area contributed by atoms with Crippen molar-refractivity contribution in [3.63, 3.8) is 0 Å². The Morgan fingerprint density at radius 2 is 1.73 bits per heavy atom. The Bertz CT molecular complexity index is 625. The average molecular weight is 301 g/mol. The maximum Gasteiger partial charge on any atom is 0.310 e. The van der Waals surface area contributed by atoms with Crippen LogP contribution < -0.4 is 0 Å². The summed E-state index contributed by atoms with van der Waals surface area (Å²) in [5.74, 6) is 0.878. The van der Waals surface area contributed by atoms with Gasteiger partial charge in [0.25, 0.3) is 5.69 Å². The lowest BCUT2D eigenvalue weighted by Gasteiger charge is -2.59. The van der Waals surface area contributed by atoms with E-state index in [0.717, 1.165) is 31.2 Å². The summed E-state index contributed by atoms with van der Waals surface area (Å²) >= 11 is 0. The lowest BCUT2D eigenvalue weighted by molar-refractivity contribution is -0.384. The zero-order valence-electron chi connectivity index (χ0n) is 12.3. The molecule has 5 heteroatoms. The largest absolute Gasteiger partial charge is 0.481 e. The van der Waals surface area contributed by atoms with E-state index in [1.807, 2.05) is 0 Å². The topological polar surface area (TPSA) is 80.4 Å². The summed E-state index contributed by atoms with van der Waals surface area (Å²) in [5, 5.41) is 20.8. The average Bonchev–Trinajstić information content (AvgIpc) is 2.46. The number of hydrogen-bond donors (Lipinski definition) is 1. The smallest absolute Gasteiger partial charge is 0.310 e. The number of carbonyl (C=O) groups is 1. The first-order valence-electron chi connectivity index (χ1n) is 7.97. The summed E-state index contributed by atoms with van der Waals surface area (Å²) in [7, 11) is 0. The molecule has 0 amide bonds. The van der Waals surface area contributed by atoms with Crippen molar-refractivity contribution in [1.82, 2.24) is 0 Å². The molecule has 0 radical (unpaired) electrons. The van der Waals surface area contributed by atoms with Gasteiger partial charge in [0.05, 0.1) is 10.3 Å². The van der Waals surface area contributed by atoms with Gasteiger partial charge in [-0.2, -0.15) is 0 Å². The van der Waals surface area contributed by atoms with Gasteiger partial charge in [-0.05, 0) is 55.4 Å². The summed E-state index contributed by atoms with van der Waals surface area (Å²) < 4.78 is 0. The first-order chi connectivity index (χ1) is 10.5. The molecule has 0 heterocycles. The Hall–Kier alpha value is -1.91. The molecule has 0 aliphatic heterocycles. The molecule has 4 saturated carbocycles. The fraction of sp³-hybridized carbons (Fsp3) is 0.588. The van der Waals surface area contributed by atoms with Crippen LogP contribution in [-0.2, 0) is 4.79 Å². The lowest BCUT2D eigenvalue weighted by atomic mass is 9.44. The second-order valence-corrected chi connectivity index (χ2v) is 7.40. The van der Waals surface area contributed by atoms with Gasteiger partial charge in [0.15, 0.2) is 0 Å². The van der Waals surface area contributed by atoms with Crippen LogP contribution in [0.1, 0.15) is 43.6 Å². The van der Waals surface area contributed by atoms with Crippen LogP contribution in [0.3, 0.4) is 0 Å². The van der Waals surface area contributed by atoms with Crippen molar-refractivity contribution < 1.29 is 14.8 Å². The van der Waals surface area contributed by atoms with E-state index in [4.69, 9.17) is 0 Å². The second kappa shape index (κ2) is 4.54. The van der Waals surface area contributed by atoms with Crippen LogP contribution in [-0.4, -0.2) is 16.0 Å². The molecule has 1 aromatic carbocycles. The number of carboxylic acids is 1. The third-order valence-electron chi connectivity index (χ3n) is 6.20. The van der Waals surface area contributed by atoms with Crippen molar-refractivity contribution in [1.29, 1.82) is 0 Å². The Labute approximate surface area is 128 Å². The van der Waals surface area contributed by atoms with Gasteiger partial charge < -0.3 is 5.11 Å². The maximum absolute atomic E-state index is 12.1. The van der Waals surface area contributed by atoms with E-state index >= 15 is 0 Å². The molecule has 4 aliphatic carbocycles. The highest BCUT2D eigenvalue weighted by atomic mass is 16.6. The van der Waals surface area contributed by atoms with Gasteiger partial charge in [0, 0.05) is 18.1 Å². The standard InChI is InChI=1S/C17H19NO4/c19-16(20)17-8-10-5-11(9-17)7-13(6-10)15(17)12-1-3-14(4-2-12)18(21)22/h1-4,10-11,13,15H,5-9H2,(H,19,20). The number of aliphatic carboxylic acids is 1.